The maximum absolute atomic E-state index is 5.99. The minimum absolute atomic E-state index is 0.299. The molecule has 16 heavy (non-hydrogen) atoms. The molecular formula is C12H18N4. The van der Waals surface area contributed by atoms with Crippen LogP contribution in [0.2, 0.25) is 0 Å². The molecule has 0 unspecified atom stereocenters. The van der Waals surface area contributed by atoms with E-state index in [0.717, 1.165) is 25.3 Å². The lowest BCUT2D eigenvalue weighted by molar-refractivity contribution is 0.503. The van der Waals surface area contributed by atoms with Gasteiger partial charge >= 0.3 is 0 Å². The van der Waals surface area contributed by atoms with E-state index >= 15 is 0 Å². The summed E-state index contributed by atoms with van der Waals surface area (Å²) >= 11 is 0. The molecule has 1 atom stereocenters. The molecule has 2 aliphatic rings. The highest BCUT2D eigenvalue weighted by atomic mass is 15.2. The quantitative estimate of drug-likeness (QED) is 0.812. The molecule has 1 aromatic heterocycles. The minimum Gasteiger partial charge on any atom is -0.355 e. The predicted molar refractivity (Wildman–Crippen MR) is 63.4 cm³/mol. The highest BCUT2D eigenvalue weighted by molar-refractivity contribution is 5.41. The first kappa shape index (κ1) is 10.0. The molecule has 2 N–H and O–H groups in total. The number of piperidine rings is 1. The van der Waals surface area contributed by atoms with Gasteiger partial charge in [0.15, 0.2) is 0 Å². The third-order valence-electron chi connectivity index (χ3n) is 3.45. The molecule has 0 amide bonds. The molecule has 1 aromatic rings. The number of hydrogen-bond donors (Lipinski definition) is 1. The van der Waals surface area contributed by atoms with Crippen LogP contribution < -0.4 is 10.6 Å². The van der Waals surface area contributed by atoms with Gasteiger partial charge in [-0.05, 0) is 25.7 Å². The molecule has 1 saturated heterocycles. The summed E-state index contributed by atoms with van der Waals surface area (Å²) < 4.78 is 0. The van der Waals surface area contributed by atoms with Gasteiger partial charge in [0.2, 0.25) is 0 Å². The van der Waals surface area contributed by atoms with E-state index < -0.39 is 0 Å². The second-order valence-corrected chi connectivity index (χ2v) is 4.92. The molecule has 1 aliphatic heterocycles. The average Bonchev–Trinajstić information content (AvgIpc) is 3.13. The molecule has 3 rings (SSSR count). The monoisotopic (exact) mass is 218 g/mol. The fraction of sp³-hybridized carbons (Fsp3) is 0.667. The van der Waals surface area contributed by atoms with Crippen molar-refractivity contribution >= 4 is 5.82 Å². The molecule has 1 aliphatic carbocycles. The Morgan fingerprint density at radius 3 is 2.88 bits per heavy atom. The Hall–Kier alpha value is -1.16. The Balaban J connectivity index is 1.79. The number of aromatic nitrogens is 2. The maximum atomic E-state index is 5.99. The van der Waals surface area contributed by atoms with Crippen molar-refractivity contribution in [1.29, 1.82) is 0 Å². The first-order valence-corrected chi connectivity index (χ1v) is 6.15. The second kappa shape index (κ2) is 4.01. The van der Waals surface area contributed by atoms with Crippen molar-refractivity contribution in [3.63, 3.8) is 0 Å². The molecule has 1 saturated carbocycles. The highest BCUT2D eigenvalue weighted by Gasteiger charge is 2.26. The SMILES string of the molecule is N[C@@H]1CCCN(c2cc(C3CC3)ncn2)C1. The van der Waals surface area contributed by atoms with Crippen LogP contribution in [-0.4, -0.2) is 29.1 Å². The van der Waals surface area contributed by atoms with Gasteiger partial charge in [0, 0.05) is 36.8 Å². The highest BCUT2D eigenvalue weighted by Crippen LogP contribution is 2.39. The smallest absolute Gasteiger partial charge is 0.132 e. The van der Waals surface area contributed by atoms with Crippen molar-refractivity contribution in [2.45, 2.75) is 37.6 Å². The van der Waals surface area contributed by atoms with E-state index in [9.17, 15) is 0 Å². The summed E-state index contributed by atoms with van der Waals surface area (Å²) in [5.74, 6) is 1.76. The molecule has 0 spiro atoms. The number of nitrogens with two attached hydrogens (primary N) is 1. The summed E-state index contributed by atoms with van der Waals surface area (Å²) in [5.41, 5.74) is 7.20. The lowest BCUT2D eigenvalue weighted by Gasteiger charge is -2.31. The van der Waals surface area contributed by atoms with E-state index in [2.05, 4.69) is 20.9 Å². The van der Waals surface area contributed by atoms with E-state index in [1.165, 1.54) is 25.0 Å². The van der Waals surface area contributed by atoms with Crippen LogP contribution >= 0.6 is 0 Å². The lowest BCUT2D eigenvalue weighted by Crippen LogP contribution is -2.43. The van der Waals surface area contributed by atoms with Crippen molar-refractivity contribution in [3.8, 4) is 0 Å². The van der Waals surface area contributed by atoms with Gasteiger partial charge in [-0.2, -0.15) is 0 Å². The van der Waals surface area contributed by atoms with Crippen LogP contribution in [0, 0.1) is 0 Å². The minimum atomic E-state index is 0.299. The molecule has 0 aromatic carbocycles. The zero-order chi connectivity index (χ0) is 11.0. The Morgan fingerprint density at radius 2 is 2.12 bits per heavy atom. The first-order valence-electron chi connectivity index (χ1n) is 6.15. The summed E-state index contributed by atoms with van der Waals surface area (Å²) in [6, 6.07) is 2.45. The third kappa shape index (κ3) is 2.02. The fourth-order valence-corrected chi connectivity index (χ4v) is 2.35. The average molecular weight is 218 g/mol. The van der Waals surface area contributed by atoms with Crippen LogP contribution in [-0.2, 0) is 0 Å². The van der Waals surface area contributed by atoms with Gasteiger partial charge in [-0.15, -0.1) is 0 Å². The Labute approximate surface area is 95.9 Å². The number of rotatable bonds is 2. The van der Waals surface area contributed by atoms with Crippen molar-refractivity contribution < 1.29 is 0 Å². The summed E-state index contributed by atoms with van der Waals surface area (Å²) in [6.07, 6.45) is 6.58. The van der Waals surface area contributed by atoms with Gasteiger partial charge in [-0.3, -0.25) is 0 Å². The fourth-order valence-electron chi connectivity index (χ4n) is 2.35. The Morgan fingerprint density at radius 1 is 1.25 bits per heavy atom. The van der Waals surface area contributed by atoms with Crippen LogP contribution in [0.1, 0.15) is 37.3 Å². The first-order chi connectivity index (χ1) is 7.83. The molecule has 2 fully saturated rings. The van der Waals surface area contributed by atoms with E-state index in [4.69, 9.17) is 5.73 Å². The van der Waals surface area contributed by atoms with Gasteiger partial charge in [-0.1, -0.05) is 0 Å². The Bertz CT molecular complexity index is 375. The van der Waals surface area contributed by atoms with Gasteiger partial charge in [0.05, 0.1) is 0 Å². The van der Waals surface area contributed by atoms with E-state index in [0.29, 0.717) is 12.0 Å². The predicted octanol–water partition coefficient (Wildman–Crippen LogP) is 1.28. The molecular weight excluding hydrogens is 200 g/mol. The zero-order valence-electron chi connectivity index (χ0n) is 9.47. The summed E-state index contributed by atoms with van der Waals surface area (Å²) in [4.78, 5) is 11.0. The lowest BCUT2D eigenvalue weighted by atomic mass is 10.1. The number of nitrogens with zero attached hydrogens (tertiary/aromatic N) is 3. The van der Waals surface area contributed by atoms with Crippen molar-refractivity contribution in [2.24, 2.45) is 5.73 Å². The van der Waals surface area contributed by atoms with Gasteiger partial charge in [-0.25, -0.2) is 9.97 Å². The molecule has 4 nitrogen and oxygen atoms in total. The summed E-state index contributed by atoms with van der Waals surface area (Å²) in [6.45, 7) is 2.01. The van der Waals surface area contributed by atoms with Gasteiger partial charge in [0.1, 0.15) is 12.1 Å². The summed E-state index contributed by atoms with van der Waals surface area (Å²) in [7, 11) is 0. The van der Waals surface area contributed by atoms with E-state index in [1.54, 1.807) is 6.33 Å². The molecule has 0 bridgehead atoms. The number of anilines is 1. The standard InChI is InChI=1S/C12H18N4/c13-10-2-1-5-16(7-10)12-6-11(9-3-4-9)14-8-15-12/h6,8-10H,1-5,7,13H2/t10-/m1/s1. The zero-order valence-corrected chi connectivity index (χ0v) is 9.47. The molecule has 4 heteroatoms. The normalized spacial score (nSPS) is 25.8. The number of hydrogen-bond acceptors (Lipinski definition) is 4. The largest absolute Gasteiger partial charge is 0.355 e. The van der Waals surface area contributed by atoms with Crippen LogP contribution in [0.15, 0.2) is 12.4 Å². The third-order valence-corrected chi connectivity index (χ3v) is 3.45. The van der Waals surface area contributed by atoms with Crippen molar-refractivity contribution in [3.05, 3.63) is 18.1 Å². The van der Waals surface area contributed by atoms with Crippen molar-refractivity contribution in [2.75, 3.05) is 18.0 Å². The topological polar surface area (TPSA) is 55.0 Å². The maximum Gasteiger partial charge on any atom is 0.132 e. The van der Waals surface area contributed by atoms with Crippen molar-refractivity contribution in [1.82, 2.24) is 9.97 Å². The molecule has 0 radical (unpaired) electrons. The van der Waals surface area contributed by atoms with Crippen LogP contribution in [0.5, 0.6) is 0 Å². The van der Waals surface area contributed by atoms with Crippen LogP contribution in [0.3, 0.4) is 0 Å². The van der Waals surface area contributed by atoms with Gasteiger partial charge in [0.25, 0.3) is 0 Å². The van der Waals surface area contributed by atoms with Crippen LogP contribution in [0.25, 0.3) is 0 Å². The second-order valence-electron chi connectivity index (χ2n) is 4.92. The van der Waals surface area contributed by atoms with Gasteiger partial charge < -0.3 is 10.6 Å². The summed E-state index contributed by atoms with van der Waals surface area (Å²) in [5, 5.41) is 0. The molecule has 2 heterocycles. The Kier molecular flexibility index (Phi) is 2.52. The molecule has 86 valence electrons. The van der Waals surface area contributed by atoms with E-state index in [1.807, 2.05) is 0 Å². The van der Waals surface area contributed by atoms with E-state index in [-0.39, 0.29) is 0 Å². The van der Waals surface area contributed by atoms with Crippen LogP contribution in [0.4, 0.5) is 5.82 Å².